The van der Waals surface area contributed by atoms with Gasteiger partial charge in [0.1, 0.15) is 0 Å². The van der Waals surface area contributed by atoms with Gasteiger partial charge in [0.25, 0.3) is 0 Å². The van der Waals surface area contributed by atoms with Crippen LogP contribution >= 0.6 is 0 Å². The fourth-order valence-corrected chi connectivity index (χ4v) is 2.60. The first-order valence-corrected chi connectivity index (χ1v) is 5.69. The maximum atomic E-state index is 11.3. The summed E-state index contributed by atoms with van der Waals surface area (Å²) in [6.45, 7) is 7.84. The van der Waals surface area contributed by atoms with Crippen molar-refractivity contribution in [3.8, 4) is 0 Å². The molecular formula is C12H21NO3. The highest BCUT2D eigenvalue weighted by Gasteiger charge is 2.55. The summed E-state index contributed by atoms with van der Waals surface area (Å²) < 4.78 is 0. The number of hydrogen-bond donors (Lipinski definition) is 2. The molecule has 1 fully saturated rings. The molecule has 2 atom stereocenters. The first-order chi connectivity index (χ1) is 7.22. The van der Waals surface area contributed by atoms with Crippen LogP contribution < -0.4 is 5.32 Å². The van der Waals surface area contributed by atoms with Crippen LogP contribution in [0.15, 0.2) is 0 Å². The number of carboxylic acid groups (broad SMARTS) is 1. The van der Waals surface area contributed by atoms with Gasteiger partial charge in [0.05, 0.1) is 5.41 Å². The van der Waals surface area contributed by atoms with Gasteiger partial charge in [-0.05, 0) is 31.1 Å². The highest BCUT2D eigenvalue weighted by Crippen LogP contribution is 2.55. The molecule has 0 radical (unpaired) electrons. The van der Waals surface area contributed by atoms with E-state index in [4.69, 9.17) is 0 Å². The van der Waals surface area contributed by atoms with Crippen LogP contribution in [-0.2, 0) is 9.59 Å². The monoisotopic (exact) mass is 227 g/mol. The summed E-state index contributed by atoms with van der Waals surface area (Å²) in [5, 5.41) is 12.1. The second-order valence-corrected chi connectivity index (χ2v) is 5.53. The third-order valence-corrected chi connectivity index (χ3v) is 4.50. The van der Waals surface area contributed by atoms with E-state index in [2.05, 4.69) is 5.32 Å². The lowest BCUT2D eigenvalue weighted by atomic mass is 9.66. The zero-order chi connectivity index (χ0) is 12.6. The topological polar surface area (TPSA) is 66.4 Å². The minimum Gasteiger partial charge on any atom is -0.481 e. The molecule has 0 bridgehead atoms. The fraction of sp³-hybridized carbons (Fsp3) is 0.833. The molecular weight excluding hydrogens is 206 g/mol. The highest BCUT2D eigenvalue weighted by molar-refractivity contribution is 5.76. The van der Waals surface area contributed by atoms with E-state index >= 15 is 0 Å². The minimum atomic E-state index is -0.733. The predicted octanol–water partition coefficient (Wildman–Crippen LogP) is 1.65. The molecule has 0 aromatic heterocycles. The Morgan fingerprint density at radius 3 is 2.31 bits per heavy atom. The van der Waals surface area contributed by atoms with Gasteiger partial charge in [-0.15, -0.1) is 0 Å². The molecule has 1 amide bonds. The average Bonchev–Trinajstić information content (AvgIpc) is 2.37. The van der Waals surface area contributed by atoms with E-state index in [0.29, 0.717) is 13.0 Å². The lowest BCUT2D eigenvalue weighted by Crippen LogP contribution is -2.43. The second kappa shape index (κ2) is 4.07. The Balaban J connectivity index is 2.79. The summed E-state index contributed by atoms with van der Waals surface area (Å²) in [5.41, 5.74) is -0.975. The van der Waals surface area contributed by atoms with E-state index in [1.165, 1.54) is 6.92 Å². The van der Waals surface area contributed by atoms with Crippen LogP contribution in [0, 0.1) is 16.7 Å². The summed E-state index contributed by atoms with van der Waals surface area (Å²) in [4.78, 5) is 22.2. The van der Waals surface area contributed by atoms with E-state index in [1.807, 2.05) is 20.8 Å². The number of rotatable bonds is 3. The van der Waals surface area contributed by atoms with Gasteiger partial charge in [-0.25, -0.2) is 0 Å². The fourth-order valence-electron chi connectivity index (χ4n) is 2.60. The van der Waals surface area contributed by atoms with Gasteiger partial charge in [-0.3, -0.25) is 9.59 Å². The van der Waals surface area contributed by atoms with Crippen LogP contribution in [0.4, 0.5) is 0 Å². The number of carbonyl (C=O) groups excluding carboxylic acids is 1. The van der Waals surface area contributed by atoms with Gasteiger partial charge in [-0.1, -0.05) is 13.8 Å². The maximum absolute atomic E-state index is 11.3. The zero-order valence-corrected chi connectivity index (χ0v) is 10.5. The lowest BCUT2D eigenvalue weighted by Gasteiger charge is -2.38. The minimum absolute atomic E-state index is 0.0558. The van der Waals surface area contributed by atoms with Crippen LogP contribution in [0.1, 0.15) is 40.5 Å². The Labute approximate surface area is 96.4 Å². The number of carbonyl (C=O) groups is 2. The molecule has 0 unspecified atom stereocenters. The molecule has 2 N–H and O–H groups in total. The molecule has 16 heavy (non-hydrogen) atoms. The number of nitrogens with one attached hydrogen (secondary N) is 1. The molecule has 1 aliphatic carbocycles. The zero-order valence-electron chi connectivity index (χ0n) is 10.5. The average molecular weight is 227 g/mol. The molecule has 0 spiro atoms. The summed E-state index contributed by atoms with van der Waals surface area (Å²) in [7, 11) is 0. The third kappa shape index (κ3) is 1.93. The quantitative estimate of drug-likeness (QED) is 0.770. The van der Waals surface area contributed by atoms with Crippen LogP contribution in [-0.4, -0.2) is 23.5 Å². The maximum Gasteiger partial charge on any atom is 0.309 e. The highest BCUT2D eigenvalue weighted by atomic mass is 16.4. The van der Waals surface area contributed by atoms with Crippen LogP contribution in [0.2, 0.25) is 0 Å². The SMILES string of the molecule is CC(=O)NC[C@H]1CC[C@@](C)(C(=O)O)C1(C)C. The van der Waals surface area contributed by atoms with Gasteiger partial charge in [-0.2, -0.15) is 0 Å². The van der Waals surface area contributed by atoms with Crippen LogP contribution in [0.5, 0.6) is 0 Å². The largest absolute Gasteiger partial charge is 0.481 e. The van der Waals surface area contributed by atoms with E-state index in [9.17, 15) is 14.7 Å². The standard InChI is InChI=1S/C12H21NO3/c1-8(14)13-7-9-5-6-12(4,10(15)16)11(9,2)3/h9H,5-7H2,1-4H3,(H,13,14)(H,15,16)/t9-,12+/m1/s1. The van der Waals surface area contributed by atoms with Crippen molar-refractivity contribution in [3.63, 3.8) is 0 Å². The van der Waals surface area contributed by atoms with E-state index < -0.39 is 11.4 Å². The number of aliphatic carboxylic acids is 1. The number of hydrogen-bond acceptors (Lipinski definition) is 2. The van der Waals surface area contributed by atoms with E-state index in [-0.39, 0.29) is 17.2 Å². The first-order valence-electron chi connectivity index (χ1n) is 5.69. The third-order valence-electron chi connectivity index (χ3n) is 4.50. The lowest BCUT2D eigenvalue weighted by molar-refractivity contribution is -0.154. The molecule has 1 saturated carbocycles. The Bertz CT molecular complexity index is 311. The Hall–Kier alpha value is -1.06. The molecule has 1 aliphatic rings. The molecule has 0 saturated heterocycles. The Kier molecular flexibility index (Phi) is 3.31. The Morgan fingerprint density at radius 2 is 1.94 bits per heavy atom. The smallest absolute Gasteiger partial charge is 0.309 e. The summed E-state index contributed by atoms with van der Waals surface area (Å²) in [6, 6.07) is 0. The van der Waals surface area contributed by atoms with Crippen molar-refractivity contribution in [3.05, 3.63) is 0 Å². The van der Waals surface area contributed by atoms with Gasteiger partial charge in [0, 0.05) is 13.5 Å². The van der Waals surface area contributed by atoms with E-state index in [0.717, 1.165) is 6.42 Å². The molecule has 0 aromatic carbocycles. The van der Waals surface area contributed by atoms with Gasteiger partial charge >= 0.3 is 5.97 Å². The molecule has 0 aromatic rings. The number of carboxylic acids is 1. The molecule has 0 heterocycles. The molecule has 4 nitrogen and oxygen atoms in total. The van der Waals surface area contributed by atoms with Crippen LogP contribution in [0.3, 0.4) is 0 Å². The van der Waals surface area contributed by atoms with Crippen molar-refractivity contribution >= 4 is 11.9 Å². The number of amides is 1. The Morgan fingerprint density at radius 1 is 1.38 bits per heavy atom. The summed E-state index contributed by atoms with van der Waals surface area (Å²) >= 11 is 0. The first kappa shape index (κ1) is 13.0. The van der Waals surface area contributed by atoms with Crippen molar-refractivity contribution in [1.29, 1.82) is 0 Å². The van der Waals surface area contributed by atoms with E-state index in [1.54, 1.807) is 0 Å². The van der Waals surface area contributed by atoms with Crippen molar-refractivity contribution in [2.75, 3.05) is 6.54 Å². The van der Waals surface area contributed by atoms with Crippen molar-refractivity contribution in [2.45, 2.75) is 40.5 Å². The molecule has 0 aliphatic heterocycles. The normalized spacial score (nSPS) is 32.4. The second-order valence-electron chi connectivity index (χ2n) is 5.53. The van der Waals surface area contributed by atoms with Gasteiger partial charge in [0.2, 0.25) is 5.91 Å². The van der Waals surface area contributed by atoms with Gasteiger partial charge in [0.15, 0.2) is 0 Å². The predicted molar refractivity (Wildman–Crippen MR) is 60.9 cm³/mol. The molecule has 92 valence electrons. The van der Waals surface area contributed by atoms with Crippen molar-refractivity contribution in [1.82, 2.24) is 5.32 Å². The summed E-state index contributed by atoms with van der Waals surface area (Å²) in [6.07, 6.45) is 1.54. The van der Waals surface area contributed by atoms with Crippen LogP contribution in [0.25, 0.3) is 0 Å². The van der Waals surface area contributed by atoms with Crippen molar-refractivity contribution in [2.24, 2.45) is 16.7 Å². The van der Waals surface area contributed by atoms with Gasteiger partial charge < -0.3 is 10.4 Å². The molecule has 4 heteroatoms. The van der Waals surface area contributed by atoms with Crippen molar-refractivity contribution < 1.29 is 14.7 Å². The summed E-state index contributed by atoms with van der Waals surface area (Å²) in [5.74, 6) is -0.556. The molecule has 1 rings (SSSR count).